The summed E-state index contributed by atoms with van der Waals surface area (Å²) in [4.78, 5) is 28.5. The molecule has 2 aromatic carbocycles. The highest BCUT2D eigenvalue weighted by Crippen LogP contribution is 2.24. The van der Waals surface area contributed by atoms with E-state index in [-0.39, 0.29) is 24.2 Å². The van der Waals surface area contributed by atoms with Gasteiger partial charge in [0.25, 0.3) is 0 Å². The number of nitrogens with zero attached hydrogens (tertiary/aromatic N) is 2. The molecule has 0 saturated heterocycles. The van der Waals surface area contributed by atoms with Crippen LogP contribution < -0.4 is 9.62 Å². The lowest BCUT2D eigenvalue weighted by atomic mass is 9.95. The quantitative estimate of drug-likeness (QED) is 0.447. The highest BCUT2D eigenvalue weighted by Gasteiger charge is 2.32. The molecule has 1 aliphatic rings. The Kier molecular flexibility index (Phi) is 10.0. The predicted molar refractivity (Wildman–Crippen MR) is 145 cm³/mol. The number of sulfonamides is 1. The zero-order chi connectivity index (χ0) is 26.3. The molecule has 0 aliphatic heterocycles. The highest BCUT2D eigenvalue weighted by atomic mass is 35.5. The van der Waals surface area contributed by atoms with E-state index in [1.807, 2.05) is 6.92 Å². The average Bonchev–Trinajstić information content (AvgIpc) is 2.83. The molecular weight excluding hydrogens is 521 g/mol. The summed E-state index contributed by atoms with van der Waals surface area (Å²) in [6, 6.07) is 12.7. The van der Waals surface area contributed by atoms with Gasteiger partial charge in [-0.05, 0) is 55.2 Å². The zero-order valence-electron chi connectivity index (χ0n) is 20.6. The van der Waals surface area contributed by atoms with Crippen LogP contribution in [-0.4, -0.2) is 50.0 Å². The molecule has 196 valence electrons. The third kappa shape index (κ3) is 7.85. The van der Waals surface area contributed by atoms with Crippen LogP contribution in [0, 0.1) is 0 Å². The molecule has 1 aliphatic carbocycles. The minimum atomic E-state index is -3.81. The van der Waals surface area contributed by atoms with Gasteiger partial charge in [-0.15, -0.1) is 0 Å². The molecule has 1 saturated carbocycles. The molecule has 3 rings (SSSR count). The fraction of sp³-hybridized carbons (Fsp3) is 0.462. The second kappa shape index (κ2) is 12.8. The van der Waals surface area contributed by atoms with Crippen molar-refractivity contribution in [1.29, 1.82) is 0 Å². The second-order valence-electron chi connectivity index (χ2n) is 9.17. The molecule has 1 atom stereocenters. The number of amides is 2. The van der Waals surface area contributed by atoms with Crippen LogP contribution in [0.5, 0.6) is 0 Å². The number of carbonyl (C=O) groups excluding carboxylic acids is 2. The summed E-state index contributed by atoms with van der Waals surface area (Å²) in [5, 5.41) is 4.03. The molecule has 0 aromatic heterocycles. The number of hydrogen-bond donors (Lipinski definition) is 1. The number of nitrogens with one attached hydrogen (secondary N) is 1. The van der Waals surface area contributed by atoms with Crippen LogP contribution in [0.3, 0.4) is 0 Å². The Morgan fingerprint density at radius 2 is 1.69 bits per heavy atom. The number of halogens is 2. The van der Waals surface area contributed by atoms with Crippen molar-refractivity contribution in [3.05, 3.63) is 64.1 Å². The largest absolute Gasteiger partial charge is 0.352 e. The van der Waals surface area contributed by atoms with Gasteiger partial charge in [-0.25, -0.2) is 8.42 Å². The van der Waals surface area contributed by atoms with E-state index >= 15 is 0 Å². The number of anilines is 1. The van der Waals surface area contributed by atoms with Crippen LogP contribution in [0.2, 0.25) is 10.0 Å². The van der Waals surface area contributed by atoms with Gasteiger partial charge in [0.05, 0.1) is 11.9 Å². The molecule has 7 nitrogen and oxygen atoms in total. The fourth-order valence-electron chi connectivity index (χ4n) is 4.50. The summed E-state index contributed by atoms with van der Waals surface area (Å²) >= 11 is 12.1. The van der Waals surface area contributed by atoms with Gasteiger partial charge in [-0.1, -0.05) is 67.6 Å². The molecule has 10 heteroatoms. The monoisotopic (exact) mass is 553 g/mol. The highest BCUT2D eigenvalue weighted by molar-refractivity contribution is 7.92. The first-order valence-electron chi connectivity index (χ1n) is 12.2. The SMILES string of the molecule is CC[C@@H](C(=O)NC1CCCCC1)N(Cc1ccc(Cl)cc1)C(=O)CN(c1cccc(Cl)c1)S(C)(=O)=O. The van der Waals surface area contributed by atoms with Gasteiger partial charge < -0.3 is 10.2 Å². The Morgan fingerprint density at radius 1 is 1.03 bits per heavy atom. The Bertz CT molecular complexity index is 1150. The Morgan fingerprint density at radius 3 is 2.28 bits per heavy atom. The Labute approximate surface area is 223 Å². The number of rotatable bonds is 10. The summed E-state index contributed by atoms with van der Waals surface area (Å²) in [5.74, 6) is -0.707. The topological polar surface area (TPSA) is 86.8 Å². The maximum Gasteiger partial charge on any atom is 0.244 e. The van der Waals surface area contributed by atoms with Gasteiger partial charge in [-0.3, -0.25) is 13.9 Å². The lowest BCUT2D eigenvalue weighted by molar-refractivity contribution is -0.140. The van der Waals surface area contributed by atoms with Crippen molar-refractivity contribution in [3.63, 3.8) is 0 Å². The van der Waals surface area contributed by atoms with Crippen molar-refractivity contribution in [2.24, 2.45) is 0 Å². The molecule has 1 fully saturated rings. The van der Waals surface area contributed by atoms with Gasteiger partial charge in [0.2, 0.25) is 21.8 Å². The summed E-state index contributed by atoms with van der Waals surface area (Å²) < 4.78 is 26.3. The van der Waals surface area contributed by atoms with Crippen LogP contribution in [0.4, 0.5) is 5.69 Å². The first-order valence-corrected chi connectivity index (χ1v) is 14.8. The van der Waals surface area contributed by atoms with Crippen molar-refractivity contribution in [1.82, 2.24) is 10.2 Å². The van der Waals surface area contributed by atoms with Crippen LogP contribution >= 0.6 is 23.2 Å². The van der Waals surface area contributed by atoms with E-state index in [9.17, 15) is 18.0 Å². The summed E-state index contributed by atoms with van der Waals surface area (Å²) in [5.41, 5.74) is 1.06. The molecule has 0 unspecified atom stereocenters. The minimum Gasteiger partial charge on any atom is -0.352 e. The number of carbonyl (C=O) groups is 2. The zero-order valence-corrected chi connectivity index (χ0v) is 23.0. The molecule has 0 spiro atoms. The van der Waals surface area contributed by atoms with E-state index in [0.717, 1.165) is 48.2 Å². The summed E-state index contributed by atoms with van der Waals surface area (Å²) in [6.07, 6.45) is 6.56. The van der Waals surface area contributed by atoms with Crippen molar-refractivity contribution in [2.45, 2.75) is 64.1 Å². The lowest BCUT2D eigenvalue weighted by Crippen LogP contribution is -2.53. The molecule has 36 heavy (non-hydrogen) atoms. The summed E-state index contributed by atoms with van der Waals surface area (Å²) in [7, 11) is -3.81. The average molecular weight is 555 g/mol. The first kappa shape index (κ1) is 28.3. The van der Waals surface area contributed by atoms with E-state index in [4.69, 9.17) is 23.2 Å². The van der Waals surface area contributed by atoms with Gasteiger partial charge >= 0.3 is 0 Å². The van der Waals surface area contributed by atoms with E-state index in [2.05, 4.69) is 5.32 Å². The fourth-order valence-corrected chi connectivity index (χ4v) is 5.65. The van der Waals surface area contributed by atoms with E-state index in [1.54, 1.807) is 42.5 Å². The van der Waals surface area contributed by atoms with Crippen molar-refractivity contribution in [2.75, 3.05) is 17.1 Å². The second-order valence-corrected chi connectivity index (χ2v) is 11.9. The summed E-state index contributed by atoms with van der Waals surface area (Å²) in [6.45, 7) is 1.53. The molecular formula is C26H33Cl2N3O4S. The smallest absolute Gasteiger partial charge is 0.244 e. The molecule has 2 amide bonds. The Balaban J connectivity index is 1.90. The lowest BCUT2D eigenvalue weighted by Gasteiger charge is -2.34. The van der Waals surface area contributed by atoms with Crippen LogP contribution in [0.25, 0.3) is 0 Å². The molecule has 0 bridgehead atoms. The predicted octanol–water partition coefficient (Wildman–Crippen LogP) is 5.02. The van der Waals surface area contributed by atoms with Gasteiger partial charge in [0.1, 0.15) is 12.6 Å². The van der Waals surface area contributed by atoms with E-state index < -0.39 is 28.5 Å². The van der Waals surface area contributed by atoms with Crippen molar-refractivity contribution in [3.8, 4) is 0 Å². The third-order valence-electron chi connectivity index (χ3n) is 6.38. The van der Waals surface area contributed by atoms with Crippen molar-refractivity contribution >= 4 is 50.7 Å². The van der Waals surface area contributed by atoms with Crippen molar-refractivity contribution < 1.29 is 18.0 Å². The minimum absolute atomic E-state index is 0.0896. The number of benzene rings is 2. The standard InChI is InChI=1S/C26H33Cl2N3O4S/c1-3-24(26(33)29-22-9-5-4-6-10-22)30(17-19-12-14-20(27)15-13-19)25(32)18-31(36(2,34)35)23-11-7-8-21(28)16-23/h7-8,11-16,22,24H,3-6,9-10,17-18H2,1-2H3,(H,29,33)/t24-/m0/s1. The molecule has 1 N–H and O–H groups in total. The Hall–Kier alpha value is -2.29. The molecule has 0 heterocycles. The van der Waals surface area contributed by atoms with Gasteiger partial charge in [0.15, 0.2) is 0 Å². The maximum atomic E-state index is 13.7. The first-order chi connectivity index (χ1) is 17.1. The normalized spacial score (nSPS) is 15.2. The van der Waals surface area contributed by atoms with Crippen LogP contribution in [0.15, 0.2) is 48.5 Å². The van der Waals surface area contributed by atoms with E-state index in [0.29, 0.717) is 16.5 Å². The molecule has 2 aromatic rings. The number of hydrogen-bond acceptors (Lipinski definition) is 4. The van der Waals surface area contributed by atoms with Crippen LogP contribution in [-0.2, 0) is 26.2 Å². The molecule has 0 radical (unpaired) electrons. The maximum absolute atomic E-state index is 13.7. The van der Waals surface area contributed by atoms with Gasteiger partial charge in [-0.2, -0.15) is 0 Å². The van der Waals surface area contributed by atoms with Gasteiger partial charge in [0, 0.05) is 22.6 Å². The third-order valence-corrected chi connectivity index (χ3v) is 8.01. The van der Waals surface area contributed by atoms with E-state index in [1.165, 1.54) is 11.0 Å². The van der Waals surface area contributed by atoms with Crippen LogP contribution in [0.1, 0.15) is 51.0 Å².